The third kappa shape index (κ3) is 3.73. The number of carbonyl (C=O) groups excluding carboxylic acids is 1. The predicted octanol–water partition coefficient (Wildman–Crippen LogP) is 1.47. The summed E-state index contributed by atoms with van der Waals surface area (Å²) in [6.45, 7) is 4.48. The maximum Gasteiger partial charge on any atom is 0.230 e. The molecule has 0 saturated heterocycles. The molecule has 0 bridgehead atoms. The van der Waals surface area contributed by atoms with Crippen molar-refractivity contribution >= 4 is 17.7 Å². The molecular weight excluding hydrogens is 274 g/mol. The first-order valence-corrected chi connectivity index (χ1v) is 8.16. The number of hydrogen-bond acceptors (Lipinski definition) is 5. The van der Waals surface area contributed by atoms with Gasteiger partial charge in [-0.1, -0.05) is 24.6 Å². The highest BCUT2D eigenvalue weighted by Gasteiger charge is 2.19. The van der Waals surface area contributed by atoms with Crippen molar-refractivity contribution in [3.05, 3.63) is 5.82 Å². The zero-order valence-electron chi connectivity index (χ0n) is 12.1. The fourth-order valence-corrected chi connectivity index (χ4v) is 3.43. The number of carbonyl (C=O) groups is 1. The lowest BCUT2D eigenvalue weighted by Gasteiger charge is -2.14. The summed E-state index contributed by atoms with van der Waals surface area (Å²) in [4.78, 5) is 11.9. The summed E-state index contributed by atoms with van der Waals surface area (Å²) in [6, 6.07) is 0.606. The lowest BCUT2D eigenvalue weighted by molar-refractivity contribution is -0.119. The zero-order valence-corrected chi connectivity index (χ0v) is 12.9. The molecule has 1 aliphatic rings. The van der Waals surface area contributed by atoms with E-state index in [0.29, 0.717) is 18.3 Å². The summed E-state index contributed by atoms with van der Waals surface area (Å²) in [6.07, 6.45) is 4.66. The van der Waals surface area contributed by atoms with Gasteiger partial charge in [-0.05, 0) is 26.7 Å². The summed E-state index contributed by atoms with van der Waals surface area (Å²) >= 11 is 1.42. The van der Waals surface area contributed by atoms with E-state index in [9.17, 15) is 4.79 Å². The van der Waals surface area contributed by atoms with E-state index in [0.717, 1.165) is 23.8 Å². The number of amides is 1. The lowest BCUT2D eigenvalue weighted by Crippen LogP contribution is -2.33. The maximum absolute atomic E-state index is 11.9. The van der Waals surface area contributed by atoms with Crippen LogP contribution in [0.25, 0.3) is 0 Å². The van der Waals surface area contributed by atoms with Gasteiger partial charge in [-0.2, -0.15) is 0 Å². The van der Waals surface area contributed by atoms with E-state index in [4.69, 9.17) is 5.73 Å². The van der Waals surface area contributed by atoms with Gasteiger partial charge >= 0.3 is 0 Å². The molecule has 3 N–H and O–H groups in total. The van der Waals surface area contributed by atoms with Crippen LogP contribution in [0.15, 0.2) is 5.16 Å². The molecule has 1 amide bonds. The standard InChI is InChI=1S/C13H23N5OS/c1-9(2)18-11(7-14)16-17-13(18)20-8-12(19)15-10-5-3-4-6-10/h9-10H,3-8,14H2,1-2H3,(H,15,19). The Bertz CT molecular complexity index is 454. The van der Waals surface area contributed by atoms with Gasteiger partial charge in [-0.15, -0.1) is 10.2 Å². The first-order chi connectivity index (χ1) is 9.61. The van der Waals surface area contributed by atoms with Gasteiger partial charge in [-0.25, -0.2) is 0 Å². The first-order valence-electron chi connectivity index (χ1n) is 7.17. The van der Waals surface area contributed by atoms with Crippen LogP contribution in [0.3, 0.4) is 0 Å². The molecule has 1 heterocycles. The van der Waals surface area contributed by atoms with Crippen LogP contribution >= 0.6 is 11.8 Å². The number of nitrogens with two attached hydrogens (primary N) is 1. The third-order valence-corrected chi connectivity index (χ3v) is 4.43. The second-order valence-electron chi connectivity index (χ2n) is 5.40. The summed E-state index contributed by atoms with van der Waals surface area (Å²) < 4.78 is 1.99. The van der Waals surface area contributed by atoms with Crippen LogP contribution in [0.1, 0.15) is 51.4 Å². The first kappa shape index (κ1) is 15.3. The summed E-state index contributed by atoms with van der Waals surface area (Å²) in [5, 5.41) is 12.0. The third-order valence-electron chi connectivity index (χ3n) is 3.49. The summed E-state index contributed by atoms with van der Waals surface area (Å²) in [5.74, 6) is 1.22. The molecule has 7 heteroatoms. The van der Waals surface area contributed by atoms with Crippen molar-refractivity contribution in [2.45, 2.75) is 63.3 Å². The highest BCUT2D eigenvalue weighted by atomic mass is 32.2. The Kier molecular flexibility index (Phi) is 5.42. The fraction of sp³-hybridized carbons (Fsp3) is 0.769. The highest BCUT2D eigenvalue weighted by molar-refractivity contribution is 7.99. The molecule has 0 spiro atoms. The van der Waals surface area contributed by atoms with E-state index >= 15 is 0 Å². The highest BCUT2D eigenvalue weighted by Crippen LogP contribution is 2.22. The molecule has 0 atom stereocenters. The summed E-state index contributed by atoms with van der Waals surface area (Å²) in [5.41, 5.74) is 5.65. The van der Waals surface area contributed by atoms with Crippen LogP contribution in [0, 0.1) is 0 Å². The minimum Gasteiger partial charge on any atom is -0.353 e. The topological polar surface area (TPSA) is 85.8 Å². The van der Waals surface area contributed by atoms with E-state index in [1.807, 2.05) is 4.57 Å². The zero-order chi connectivity index (χ0) is 14.5. The molecule has 20 heavy (non-hydrogen) atoms. The van der Waals surface area contributed by atoms with Crippen molar-refractivity contribution in [2.75, 3.05) is 5.75 Å². The molecule has 6 nitrogen and oxygen atoms in total. The number of rotatable bonds is 6. The van der Waals surface area contributed by atoms with Gasteiger partial charge in [0.1, 0.15) is 5.82 Å². The largest absolute Gasteiger partial charge is 0.353 e. The van der Waals surface area contributed by atoms with E-state index in [1.54, 1.807) is 0 Å². The van der Waals surface area contributed by atoms with Crippen LogP contribution in [-0.4, -0.2) is 32.5 Å². The molecular formula is C13H23N5OS. The smallest absolute Gasteiger partial charge is 0.230 e. The molecule has 1 saturated carbocycles. The van der Waals surface area contributed by atoms with Crippen LogP contribution in [-0.2, 0) is 11.3 Å². The van der Waals surface area contributed by atoms with Crippen molar-refractivity contribution in [3.63, 3.8) is 0 Å². The van der Waals surface area contributed by atoms with Gasteiger partial charge < -0.3 is 15.6 Å². The Hall–Kier alpha value is -1.08. The monoisotopic (exact) mass is 297 g/mol. The van der Waals surface area contributed by atoms with Gasteiger partial charge in [0, 0.05) is 12.1 Å². The van der Waals surface area contributed by atoms with Crippen molar-refractivity contribution in [1.29, 1.82) is 0 Å². The van der Waals surface area contributed by atoms with E-state index in [2.05, 4.69) is 29.4 Å². The Labute approximate surface area is 123 Å². The van der Waals surface area contributed by atoms with Crippen molar-refractivity contribution in [2.24, 2.45) is 5.73 Å². The van der Waals surface area contributed by atoms with Gasteiger partial charge in [0.25, 0.3) is 0 Å². The van der Waals surface area contributed by atoms with Crippen LogP contribution in [0.4, 0.5) is 0 Å². The Morgan fingerprint density at radius 3 is 2.75 bits per heavy atom. The lowest BCUT2D eigenvalue weighted by atomic mass is 10.2. The number of nitrogens with zero attached hydrogens (tertiary/aromatic N) is 3. The molecule has 0 aromatic carbocycles. The second kappa shape index (κ2) is 7.08. The van der Waals surface area contributed by atoms with Crippen molar-refractivity contribution < 1.29 is 4.79 Å². The van der Waals surface area contributed by atoms with E-state index in [-0.39, 0.29) is 11.9 Å². The Morgan fingerprint density at radius 1 is 1.45 bits per heavy atom. The minimum absolute atomic E-state index is 0.0782. The normalized spacial score (nSPS) is 16.0. The average molecular weight is 297 g/mol. The molecule has 0 unspecified atom stereocenters. The number of thioether (sulfide) groups is 1. The maximum atomic E-state index is 11.9. The van der Waals surface area contributed by atoms with Crippen molar-refractivity contribution in [1.82, 2.24) is 20.1 Å². The van der Waals surface area contributed by atoms with Crippen LogP contribution in [0.5, 0.6) is 0 Å². The van der Waals surface area contributed by atoms with E-state index in [1.165, 1.54) is 24.6 Å². The molecule has 1 fully saturated rings. The molecule has 112 valence electrons. The number of hydrogen-bond donors (Lipinski definition) is 2. The van der Waals surface area contributed by atoms with Gasteiger partial charge in [-0.3, -0.25) is 4.79 Å². The van der Waals surface area contributed by atoms with E-state index < -0.39 is 0 Å². The quantitative estimate of drug-likeness (QED) is 0.777. The van der Waals surface area contributed by atoms with Gasteiger partial charge in [0.05, 0.1) is 12.3 Å². The molecule has 1 aromatic rings. The molecule has 1 aromatic heterocycles. The minimum atomic E-state index is 0.0782. The number of aromatic nitrogens is 3. The molecule has 0 radical (unpaired) electrons. The van der Waals surface area contributed by atoms with Gasteiger partial charge in [0.2, 0.25) is 5.91 Å². The Morgan fingerprint density at radius 2 is 2.15 bits per heavy atom. The van der Waals surface area contributed by atoms with Crippen LogP contribution < -0.4 is 11.1 Å². The second-order valence-corrected chi connectivity index (χ2v) is 6.35. The molecule has 2 rings (SSSR count). The summed E-state index contributed by atoms with van der Waals surface area (Å²) in [7, 11) is 0. The SMILES string of the molecule is CC(C)n1c(CN)nnc1SCC(=O)NC1CCCC1. The van der Waals surface area contributed by atoms with Crippen molar-refractivity contribution in [3.8, 4) is 0 Å². The Balaban J connectivity index is 1.89. The predicted molar refractivity (Wildman–Crippen MR) is 79.4 cm³/mol. The molecule has 1 aliphatic carbocycles. The molecule has 0 aliphatic heterocycles. The van der Waals surface area contributed by atoms with Gasteiger partial charge in [0.15, 0.2) is 5.16 Å². The average Bonchev–Trinajstić information content (AvgIpc) is 3.04. The van der Waals surface area contributed by atoms with Crippen LogP contribution in [0.2, 0.25) is 0 Å². The fourth-order valence-electron chi connectivity index (χ4n) is 2.53. The number of nitrogens with one attached hydrogen (secondary N) is 1.